The number of benzene rings is 8. The molecule has 0 aliphatic heterocycles. The fraction of sp³-hybridized carbons (Fsp3) is 0.0588. The zero-order chi connectivity index (χ0) is 35.1. The van der Waals surface area contributed by atoms with Gasteiger partial charge in [-0.15, -0.1) is 0 Å². The van der Waals surface area contributed by atoms with E-state index < -0.39 is 0 Å². The van der Waals surface area contributed by atoms with E-state index in [0.29, 0.717) is 0 Å². The SMILES string of the molecule is CC1(C)c2cc(N(c3ccccc3-c3ccccc3)c3ccccc3-c3ccccc3)c(-c3ccccc3)cc2-c2c(-c3ccccc3)cccc21. The Kier molecular flexibility index (Phi) is 7.90. The van der Waals surface area contributed by atoms with Gasteiger partial charge in [0.2, 0.25) is 0 Å². The normalized spacial score (nSPS) is 12.6. The van der Waals surface area contributed by atoms with Crippen molar-refractivity contribution >= 4 is 17.1 Å². The molecule has 0 fully saturated rings. The molecule has 0 aromatic heterocycles. The van der Waals surface area contributed by atoms with E-state index in [9.17, 15) is 0 Å². The minimum absolute atomic E-state index is 0.219. The van der Waals surface area contributed by atoms with Crippen molar-refractivity contribution in [2.45, 2.75) is 19.3 Å². The van der Waals surface area contributed by atoms with Gasteiger partial charge < -0.3 is 4.90 Å². The van der Waals surface area contributed by atoms with Gasteiger partial charge in [0.25, 0.3) is 0 Å². The number of anilines is 3. The summed E-state index contributed by atoms with van der Waals surface area (Å²) >= 11 is 0. The molecule has 0 N–H and O–H groups in total. The summed E-state index contributed by atoms with van der Waals surface area (Å²) < 4.78 is 0. The van der Waals surface area contributed by atoms with Crippen LogP contribution in [0.5, 0.6) is 0 Å². The molecule has 0 heterocycles. The fourth-order valence-corrected chi connectivity index (χ4v) is 8.16. The lowest BCUT2D eigenvalue weighted by Gasteiger charge is -2.33. The smallest absolute Gasteiger partial charge is 0.0544 e. The molecule has 0 saturated heterocycles. The van der Waals surface area contributed by atoms with Crippen LogP contribution in [0, 0.1) is 0 Å². The van der Waals surface area contributed by atoms with Crippen LogP contribution in [0.25, 0.3) is 55.6 Å². The Morgan fingerprint density at radius 2 is 0.712 bits per heavy atom. The molecule has 0 bridgehead atoms. The molecule has 1 heteroatoms. The number of rotatable bonds is 7. The van der Waals surface area contributed by atoms with E-state index in [1.165, 1.54) is 66.8 Å². The van der Waals surface area contributed by atoms with E-state index in [1.807, 2.05) is 0 Å². The summed E-state index contributed by atoms with van der Waals surface area (Å²) in [4.78, 5) is 2.52. The molecule has 0 radical (unpaired) electrons. The highest BCUT2D eigenvalue weighted by Gasteiger charge is 2.39. The van der Waals surface area contributed by atoms with Gasteiger partial charge in [-0.1, -0.05) is 190 Å². The third-order valence-corrected chi connectivity index (χ3v) is 10.7. The first-order valence-electron chi connectivity index (χ1n) is 18.1. The molecule has 52 heavy (non-hydrogen) atoms. The van der Waals surface area contributed by atoms with Gasteiger partial charge in [-0.3, -0.25) is 0 Å². The van der Waals surface area contributed by atoms with Crippen LogP contribution < -0.4 is 4.90 Å². The van der Waals surface area contributed by atoms with E-state index >= 15 is 0 Å². The lowest BCUT2D eigenvalue weighted by Crippen LogP contribution is -2.18. The van der Waals surface area contributed by atoms with Gasteiger partial charge in [-0.25, -0.2) is 0 Å². The van der Waals surface area contributed by atoms with Crippen molar-refractivity contribution in [2.24, 2.45) is 0 Å². The summed E-state index contributed by atoms with van der Waals surface area (Å²) in [6.45, 7) is 4.77. The van der Waals surface area contributed by atoms with Crippen LogP contribution in [0.2, 0.25) is 0 Å². The van der Waals surface area contributed by atoms with E-state index in [4.69, 9.17) is 0 Å². The first-order chi connectivity index (χ1) is 25.6. The molecule has 9 rings (SSSR count). The number of fused-ring (bicyclic) bond motifs is 3. The average Bonchev–Trinajstić information content (AvgIpc) is 3.44. The van der Waals surface area contributed by atoms with Crippen molar-refractivity contribution in [1.82, 2.24) is 0 Å². The molecule has 0 amide bonds. The molecule has 0 spiro atoms. The second kappa shape index (κ2) is 13.0. The van der Waals surface area contributed by atoms with Crippen LogP contribution in [-0.4, -0.2) is 0 Å². The Bertz CT molecular complexity index is 2430. The number of para-hydroxylation sites is 2. The van der Waals surface area contributed by atoms with Gasteiger partial charge in [-0.05, 0) is 74.3 Å². The largest absolute Gasteiger partial charge is 0.309 e. The average molecular weight is 666 g/mol. The summed E-state index contributed by atoms with van der Waals surface area (Å²) in [5, 5.41) is 0. The standard InChI is InChI=1S/C51H39N/c1-51(2)45-31-19-30-42(38-24-11-5-12-25-38)50(45)44-34-43(39-26-13-6-14-27-39)49(35-46(44)51)52(47-32-17-15-28-40(47)36-20-7-3-8-21-36)48-33-18-16-29-41(48)37-22-9-4-10-23-37/h3-35H,1-2H3. The fourth-order valence-electron chi connectivity index (χ4n) is 8.16. The van der Waals surface area contributed by atoms with Crippen molar-refractivity contribution < 1.29 is 0 Å². The van der Waals surface area contributed by atoms with Crippen LogP contribution in [0.1, 0.15) is 25.0 Å². The molecule has 1 nitrogen and oxygen atoms in total. The molecular formula is C51H39N. The van der Waals surface area contributed by atoms with Crippen molar-refractivity contribution in [1.29, 1.82) is 0 Å². The van der Waals surface area contributed by atoms with Gasteiger partial charge >= 0.3 is 0 Å². The van der Waals surface area contributed by atoms with Crippen LogP contribution in [0.3, 0.4) is 0 Å². The van der Waals surface area contributed by atoms with Gasteiger partial charge in [0.05, 0.1) is 17.1 Å². The predicted octanol–water partition coefficient (Wildman–Crippen LogP) is 14.1. The Hall–Kier alpha value is -6.44. The topological polar surface area (TPSA) is 3.24 Å². The maximum Gasteiger partial charge on any atom is 0.0544 e. The predicted molar refractivity (Wildman–Crippen MR) is 220 cm³/mol. The molecule has 0 unspecified atom stereocenters. The number of hydrogen-bond donors (Lipinski definition) is 0. The third-order valence-electron chi connectivity index (χ3n) is 10.7. The minimum Gasteiger partial charge on any atom is -0.309 e. The van der Waals surface area contributed by atoms with Gasteiger partial charge in [-0.2, -0.15) is 0 Å². The lowest BCUT2D eigenvalue weighted by molar-refractivity contribution is 0.660. The molecule has 0 atom stereocenters. The highest BCUT2D eigenvalue weighted by Crippen LogP contribution is 2.56. The summed E-state index contributed by atoms with van der Waals surface area (Å²) in [5.41, 5.74) is 18.1. The van der Waals surface area contributed by atoms with E-state index in [-0.39, 0.29) is 5.41 Å². The maximum atomic E-state index is 2.52. The Balaban J connectivity index is 1.39. The Morgan fingerprint density at radius 3 is 1.21 bits per heavy atom. The second-order valence-corrected chi connectivity index (χ2v) is 14.1. The molecule has 248 valence electrons. The van der Waals surface area contributed by atoms with E-state index in [1.54, 1.807) is 0 Å². The first-order valence-corrected chi connectivity index (χ1v) is 18.1. The van der Waals surface area contributed by atoms with E-state index in [0.717, 1.165) is 17.1 Å². The summed E-state index contributed by atoms with van der Waals surface area (Å²) in [7, 11) is 0. The monoisotopic (exact) mass is 665 g/mol. The van der Waals surface area contributed by atoms with Gasteiger partial charge in [0.15, 0.2) is 0 Å². The van der Waals surface area contributed by atoms with Crippen molar-refractivity contribution in [2.75, 3.05) is 4.90 Å². The second-order valence-electron chi connectivity index (χ2n) is 14.1. The lowest BCUT2D eigenvalue weighted by atomic mass is 9.81. The molecule has 1 aliphatic carbocycles. The van der Waals surface area contributed by atoms with Crippen LogP contribution >= 0.6 is 0 Å². The number of hydrogen-bond acceptors (Lipinski definition) is 1. The van der Waals surface area contributed by atoms with Crippen molar-refractivity contribution in [3.05, 3.63) is 211 Å². The molecule has 8 aromatic carbocycles. The summed E-state index contributed by atoms with van der Waals surface area (Å²) in [6.07, 6.45) is 0. The van der Waals surface area contributed by atoms with Crippen molar-refractivity contribution in [3.8, 4) is 55.6 Å². The summed E-state index contributed by atoms with van der Waals surface area (Å²) in [6, 6.07) is 72.8. The Labute approximate surface area is 307 Å². The van der Waals surface area contributed by atoms with Gasteiger partial charge in [0, 0.05) is 22.1 Å². The molecule has 1 aliphatic rings. The van der Waals surface area contributed by atoms with Gasteiger partial charge in [0.1, 0.15) is 0 Å². The molecule has 8 aromatic rings. The summed E-state index contributed by atoms with van der Waals surface area (Å²) in [5.74, 6) is 0. The first kappa shape index (κ1) is 31.5. The number of nitrogens with zero attached hydrogens (tertiary/aromatic N) is 1. The van der Waals surface area contributed by atoms with Crippen molar-refractivity contribution in [3.63, 3.8) is 0 Å². The highest BCUT2D eigenvalue weighted by atomic mass is 15.2. The third kappa shape index (κ3) is 5.34. The van der Waals surface area contributed by atoms with E-state index in [2.05, 4.69) is 219 Å². The zero-order valence-corrected chi connectivity index (χ0v) is 29.5. The maximum absolute atomic E-state index is 2.52. The quantitative estimate of drug-likeness (QED) is 0.164. The van der Waals surface area contributed by atoms with Crippen LogP contribution in [0.15, 0.2) is 200 Å². The molecule has 0 saturated carbocycles. The molecular weight excluding hydrogens is 627 g/mol. The van der Waals surface area contributed by atoms with Crippen LogP contribution in [-0.2, 0) is 5.41 Å². The van der Waals surface area contributed by atoms with Crippen LogP contribution in [0.4, 0.5) is 17.1 Å². The zero-order valence-electron chi connectivity index (χ0n) is 29.5. The minimum atomic E-state index is -0.219. The highest BCUT2D eigenvalue weighted by molar-refractivity contribution is 6.02. The Morgan fingerprint density at radius 1 is 0.308 bits per heavy atom.